The summed E-state index contributed by atoms with van der Waals surface area (Å²) in [5.41, 5.74) is 2.24. The van der Waals surface area contributed by atoms with Crippen LogP contribution in [0.1, 0.15) is 31.0 Å². The van der Waals surface area contributed by atoms with Crippen molar-refractivity contribution in [1.82, 2.24) is 4.57 Å². The van der Waals surface area contributed by atoms with E-state index in [0.29, 0.717) is 30.6 Å². The zero-order chi connectivity index (χ0) is 22.1. The Kier molecular flexibility index (Phi) is 6.14. The van der Waals surface area contributed by atoms with E-state index in [9.17, 15) is 9.59 Å². The number of allylic oxidation sites excluding steroid dienone is 1. The molecule has 31 heavy (non-hydrogen) atoms. The van der Waals surface area contributed by atoms with Gasteiger partial charge in [0, 0.05) is 10.0 Å². The second kappa shape index (κ2) is 8.83. The zero-order valence-corrected chi connectivity index (χ0v) is 19.1. The van der Waals surface area contributed by atoms with Gasteiger partial charge in [0.15, 0.2) is 4.80 Å². The number of halogens is 2. The Morgan fingerprint density at radius 3 is 2.35 bits per heavy atom. The van der Waals surface area contributed by atoms with Crippen LogP contribution in [0.3, 0.4) is 0 Å². The Hall–Kier alpha value is -2.67. The van der Waals surface area contributed by atoms with Crippen LogP contribution in [0, 0.1) is 0 Å². The van der Waals surface area contributed by atoms with Gasteiger partial charge in [0.2, 0.25) is 0 Å². The van der Waals surface area contributed by atoms with Gasteiger partial charge in [-0.25, -0.2) is 9.79 Å². The molecule has 1 aromatic heterocycles. The maximum Gasteiger partial charge on any atom is 0.338 e. The van der Waals surface area contributed by atoms with Gasteiger partial charge in [-0.15, -0.1) is 0 Å². The average Bonchev–Trinajstić information content (AvgIpc) is 3.04. The highest BCUT2D eigenvalue weighted by molar-refractivity contribution is 7.07. The Bertz CT molecular complexity index is 1350. The molecule has 0 radical (unpaired) electrons. The van der Waals surface area contributed by atoms with Gasteiger partial charge < -0.3 is 4.74 Å². The van der Waals surface area contributed by atoms with Crippen LogP contribution < -0.4 is 14.9 Å². The quantitative estimate of drug-likeness (QED) is 0.536. The first kappa shape index (κ1) is 21.6. The third kappa shape index (κ3) is 4.24. The van der Waals surface area contributed by atoms with Crippen molar-refractivity contribution in [2.24, 2.45) is 4.99 Å². The van der Waals surface area contributed by atoms with E-state index < -0.39 is 12.0 Å². The number of thiazole rings is 1. The molecule has 0 amide bonds. The number of ether oxygens (including phenoxy) is 1. The number of benzene rings is 2. The topological polar surface area (TPSA) is 60.7 Å². The van der Waals surface area contributed by atoms with Crippen molar-refractivity contribution in [3.8, 4) is 0 Å². The van der Waals surface area contributed by atoms with E-state index in [1.807, 2.05) is 12.1 Å². The number of nitrogens with zero attached hydrogens (tertiary/aromatic N) is 2. The SMILES string of the molecule is CCOC(=O)C1=C(C)N=c2s/c(=C\c3ccc(Cl)cc3)c(=O)n2[C@@H]1c1ccc(Cl)cc1. The minimum absolute atomic E-state index is 0.226. The van der Waals surface area contributed by atoms with Crippen LogP contribution in [0.25, 0.3) is 6.08 Å². The molecule has 0 saturated carbocycles. The Morgan fingerprint density at radius 2 is 1.74 bits per heavy atom. The predicted molar refractivity (Wildman–Crippen MR) is 123 cm³/mol. The molecule has 1 aliphatic rings. The van der Waals surface area contributed by atoms with E-state index in [-0.39, 0.29) is 12.2 Å². The molecule has 0 spiro atoms. The Labute approximate surface area is 192 Å². The number of aromatic nitrogens is 1. The van der Waals surface area contributed by atoms with Crippen LogP contribution in [0.4, 0.5) is 0 Å². The molecular formula is C23H18Cl2N2O3S. The predicted octanol–water partition coefficient (Wildman–Crippen LogP) is 4.11. The van der Waals surface area contributed by atoms with Crippen LogP contribution in [0.15, 0.2) is 69.6 Å². The molecule has 158 valence electrons. The van der Waals surface area contributed by atoms with E-state index in [1.165, 1.54) is 11.3 Å². The molecule has 5 nitrogen and oxygen atoms in total. The maximum absolute atomic E-state index is 13.4. The maximum atomic E-state index is 13.4. The van der Waals surface area contributed by atoms with Crippen LogP contribution in [-0.4, -0.2) is 17.1 Å². The van der Waals surface area contributed by atoms with Crippen LogP contribution >= 0.6 is 34.5 Å². The summed E-state index contributed by atoms with van der Waals surface area (Å²) in [6, 6.07) is 13.6. The minimum Gasteiger partial charge on any atom is -0.463 e. The summed E-state index contributed by atoms with van der Waals surface area (Å²) >= 11 is 13.3. The fraction of sp³-hybridized carbons (Fsp3) is 0.174. The van der Waals surface area contributed by atoms with Gasteiger partial charge >= 0.3 is 5.97 Å². The Morgan fingerprint density at radius 1 is 1.13 bits per heavy atom. The van der Waals surface area contributed by atoms with Gasteiger partial charge in [0.1, 0.15) is 0 Å². The summed E-state index contributed by atoms with van der Waals surface area (Å²) in [5, 5.41) is 1.19. The molecule has 0 unspecified atom stereocenters. The van der Waals surface area contributed by atoms with Gasteiger partial charge in [-0.3, -0.25) is 9.36 Å². The van der Waals surface area contributed by atoms with Crippen molar-refractivity contribution in [3.05, 3.63) is 101 Å². The first-order chi connectivity index (χ1) is 14.9. The van der Waals surface area contributed by atoms with Crippen molar-refractivity contribution in [1.29, 1.82) is 0 Å². The molecule has 8 heteroatoms. The van der Waals surface area contributed by atoms with Gasteiger partial charge in [0.05, 0.1) is 28.5 Å². The average molecular weight is 473 g/mol. The number of hydrogen-bond acceptors (Lipinski definition) is 5. The molecule has 0 fully saturated rings. The molecular weight excluding hydrogens is 455 g/mol. The normalized spacial score (nSPS) is 16.1. The molecule has 0 saturated heterocycles. The van der Waals surface area contributed by atoms with E-state index >= 15 is 0 Å². The van der Waals surface area contributed by atoms with Gasteiger partial charge in [0.25, 0.3) is 5.56 Å². The second-order valence-electron chi connectivity index (χ2n) is 6.91. The minimum atomic E-state index is -0.653. The smallest absolute Gasteiger partial charge is 0.338 e. The fourth-order valence-corrected chi connectivity index (χ4v) is 4.76. The van der Waals surface area contributed by atoms with Crippen LogP contribution in [0.5, 0.6) is 0 Å². The molecule has 2 aromatic carbocycles. The molecule has 4 rings (SSSR count). The van der Waals surface area contributed by atoms with Crippen molar-refractivity contribution in [2.45, 2.75) is 19.9 Å². The Balaban J connectivity index is 1.94. The second-order valence-corrected chi connectivity index (χ2v) is 8.79. The number of rotatable bonds is 4. The number of fused-ring (bicyclic) bond motifs is 1. The third-order valence-corrected chi connectivity index (χ3v) is 6.36. The van der Waals surface area contributed by atoms with E-state index in [0.717, 1.165) is 11.1 Å². The highest BCUT2D eigenvalue weighted by Crippen LogP contribution is 2.31. The highest BCUT2D eigenvalue weighted by Gasteiger charge is 2.33. The molecule has 1 atom stereocenters. The van der Waals surface area contributed by atoms with Gasteiger partial charge in [-0.1, -0.05) is 58.8 Å². The number of hydrogen-bond donors (Lipinski definition) is 0. The molecule has 0 aliphatic carbocycles. The molecule has 0 N–H and O–H groups in total. The van der Waals surface area contributed by atoms with Crippen molar-refractivity contribution in [2.75, 3.05) is 6.61 Å². The van der Waals surface area contributed by atoms with Crippen LogP contribution in [-0.2, 0) is 9.53 Å². The largest absolute Gasteiger partial charge is 0.463 e. The van der Waals surface area contributed by atoms with E-state index in [2.05, 4.69) is 4.99 Å². The van der Waals surface area contributed by atoms with Crippen molar-refractivity contribution >= 4 is 46.6 Å². The summed E-state index contributed by atoms with van der Waals surface area (Å²) in [6.07, 6.45) is 1.79. The number of esters is 1. The fourth-order valence-electron chi connectivity index (χ4n) is 3.46. The zero-order valence-electron chi connectivity index (χ0n) is 16.8. The van der Waals surface area contributed by atoms with Crippen LogP contribution in [0.2, 0.25) is 10.0 Å². The van der Waals surface area contributed by atoms with Gasteiger partial charge in [-0.05, 0) is 55.3 Å². The highest BCUT2D eigenvalue weighted by atomic mass is 35.5. The summed E-state index contributed by atoms with van der Waals surface area (Å²) in [5.74, 6) is -0.490. The molecule has 0 bridgehead atoms. The number of carbonyl (C=O) groups is 1. The summed E-state index contributed by atoms with van der Waals surface area (Å²) in [6.45, 7) is 3.72. The number of carbonyl (C=O) groups excluding carboxylic acids is 1. The summed E-state index contributed by atoms with van der Waals surface area (Å²) in [4.78, 5) is 31.3. The lowest BCUT2D eigenvalue weighted by Gasteiger charge is -2.24. The first-order valence-corrected chi connectivity index (χ1v) is 11.2. The molecule has 3 aromatic rings. The van der Waals surface area contributed by atoms with Crippen molar-refractivity contribution in [3.63, 3.8) is 0 Å². The molecule has 2 heterocycles. The lowest BCUT2D eigenvalue weighted by molar-refractivity contribution is -0.139. The summed E-state index contributed by atoms with van der Waals surface area (Å²) < 4.78 is 7.34. The lowest BCUT2D eigenvalue weighted by Crippen LogP contribution is -2.39. The first-order valence-electron chi connectivity index (χ1n) is 9.59. The standard InChI is InChI=1S/C23H18Cl2N2O3S/c1-3-30-22(29)19-13(2)26-23-27(20(19)15-6-10-17(25)11-7-15)21(28)18(31-23)12-14-4-8-16(24)9-5-14/h4-12,20H,3H2,1-2H3/b18-12-/t20-/m1/s1. The van der Waals surface area contributed by atoms with Gasteiger partial charge in [-0.2, -0.15) is 0 Å². The summed E-state index contributed by atoms with van der Waals surface area (Å²) in [7, 11) is 0. The van der Waals surface area contributed by atoms with Crippen molar-refractivity contribution < 1.29 is 9.53 Å². The third-order valence-electron chi connectivity index (χ3n) is 4.87. The van der Waals surface area contributed by atoms with E-state index in [4.69, 9.17) is 27.9 Å². The van der Waals surface area contributed by atoms with E-state index in [1.54, 1.807) is 60.9 Å². The lowest BCUT2D eigenvalue weighted by atomic mass is 9.96. The molecule has 1 aliphatic heterocycles. The monoisotopic (exact) mass is 472 g/mol.